The molecule has 0 unspecified atom stereocenters. The van der Waals surface area contributed by atoms with Gasteiger partial charge in [0, 0.05) is 56.7 Å². The zero-order valence-electron chi connectivity index (χ0n) is 24.0. The van der Waals surface area contributed by atoms with Crippen LogP contribution in [0.5, 0.6) is 5.75 Å². The molecule has 0 aliphatic heterocycles. The summed E-state index contributed by atoms with van der Waals surface area (Å²) >= 11 is 0. The fourth-order valence-electron chi connectivity index (χ4n) is 3.90. The summed E-state index contributed by atoms with van der Waals surface area (Å²) in [6.07, 6.45) is 6.02. The first-order chi connectivity index (χ1) is 20.1. The molecule has 9 N–H and O–H groups in total. The normalized spacial score (nSPS) is 14.2. The lowest BCUT2D eigenvalue weighted by molar-refractivity contribution is -0.121. The van der Waals surface area contributed by atoms with Crippen molar-refractivity contribution in [2.24, 2.45) is 33.3 Å². The Hall–Kier alpha value is -5.40. The van der Waals surface area contributed by atoms with Crippen molar-refractivity contribution < 1.29 is 19.1 Å². The van der Waals surface area contributed by atoms with Crippen LogP contribution in [0, 0.1) is 5.92 Å². The first-order valence-electron chi connectivity index (χ1n) is 13.0. The molecule has 3 amide bonds. The Balaban J connectivity index is 1.90. The van der Waals surface area contributed by atoms with Crippen molar-refractivity contribution in [1.82, 2.24) is 20.5 Å². The molecule has 1 aromatic carbocycles. The fourth-order valence-corrected chi connectivity index (χ4v) is 3.90. The van der Waals surface area contributed by atoms with E-state index in [-0.39, 0.29) is 47.2 Å². The Morgan fingerprint density at radius 1 is 1.19 bits per heavy atom. The van der Waals surface area contributed by atoms with E-state index in [1.165, 1.54) is 31.3 Å². The van der Waals surface area contributed by atoms with Gasteiger partial charge in [0.1, 0.15) is 23.0 Å². The zero-order valence-corrected chi connectivity index (χ0v) is 24.0. The second-order valence-corrected chi connectivity index (χ2v) is 9.38. The number of amides is 3. The number of nitrogens with one attached hydrogen (secondary N) is 3. The van der Waals surface area contributed by atoms with Gasteiger partial charge in [0.2, 0.25) is 5.91 Å². The highest BCUT2D eigenvalue weighted by Gasteiger charge is 2.29. The van der Waals surface area contributed by atoms with Crippen LogP contribution in [0.1, 0.15) is 23.3 Å². The number of hydrogen-bond donors (Lipinski definition) is 6. The first kappa shape index (κ1) is 31.1. The van der Waals surface area contributed by atoms with Crippen molar-refractivity contribution in [3.8, 4) is 16.9 Å². The molecule has 3 rings (SSSR count). The van der Waals surface area contributed by atoms with Crippen molar-refractivity contribution in [1.29, 1.82) is 0 Å². The van der Waals surface area contributed by atoms with Crippen LogP contribution in [-0.4, -0.2) is 74.3 Å². The summed E-state index contributed by atoms with van der Waals surface area (Å²) in [6, 6.07) is 8.65. The minimum atomic E-state index is -0.550. The Morgan fingerprint density at radius 3 is 2.50 bits per heavy atom. The Morgan fingerprint density at radius 2 is 1.93 bits per heavy atom. The van der Waals surface area contributed by atoms with Gasteiger partial charge in [-0.15, -0.1) is 0 Å². The summed E-state index contributed by atoms with van der Waals surface area (Å²) in [6.45, 7) is 0.163. The third kappa shape index (κ3) is 7.84. The van der Waals surface area contributed by atoms with Gasteiger partial charge in [0.25, 0.3) is 11.8 Å². The lowest BCUT2D eigenvalue weighted by Gasteiger charge is -2.18. The zero-order chi connectivity index (χ0) is 30.8. The van der Waals surface area contributed by atoms with Gasteiger partial charge in [-0.3, -0.25) is 24.4 Å². The molecule has 2 aromatic rings. The number of methoxy groups -OCH3 is 1. The number of nitrogens with zero attached hydrogens (tertiary/aromatic N) is 4. The number of anilines is 1. The summed E-state index contributed by atoms with van der Waals surface area (Å²) in [5, 5.41) is 11.8. The van der Waals surface area contributed by atoms with E-state index in [1.54, 1.807) is 44.6 Å². The first-order valence-corrected chi connectivity index (χ1v) is 13.0. The number of hydrazone groups is 1. The van der Waals surface area contributed by atoms with Crippen LogP contribution in [0.25, 0.3) is 11.1 Å². The molecule has 1 aliphatic rings. The van der Waals surface area contributed by atoms with Crippen LogP contribution in [0.15, 0.2) is 69.9 Å². The minimum Gasteiger partial charge on any atom is -0.494 e. The van der Waals surface area contributed by atoms with E-state index in [0.29, 0.717) is 28.3 Å². The van der Waals surface area contributed by atoms with Crippen LogP contribution >= 0.6 is 0 Å². The number of aromatic nitrogens is 1. The predicted octanol–water partition coefficient (Wildman–Crippen LogP) is 0.499. The van der Waals surface area contributed by atoms with Crippen molar-refractivity contribution >= 4 is 35.3 Å². The molecule has 0 bridgehead atoms. The third-order valence-corrected chi connectivity index (χ3v) is 6.25. The van der Waals surface area contributed by atoms with Crippen molar-refractivity contribution in [3.05, 3.63) is 65.5 Å². The van der Waals surface area contributed by atoms with Crippen molar-refractivity contribution in [2.75, 3.05) is 40.1 Å². The lowest BCUT2D eigenvalue weighted by atomic mass is 10.0. The number of benzene rings is 1. The van der Waals surface area contributed by atoms with Crippen molar-refractivity contribution in [2.45, 2.75) is 12.8 Å². The molecular formula is C28H36N10O4. The number of pyridine rings is 1. The summed E-state index contributed by atoms with van der Waals surface area (Å²) in [5.41, 5.74) is 14.6. The molecule has 0 radical (unpaired) electrons. The third-order valence-electron chi connectivity index (χ3n) is 6.25. The highest BCUT2D eigenvalue weighted by atomic mass is 16.5. The maximum absolute atomic E-state index is 12.9. The summed E-state index contributed by atoms with van der Waals surface area (Å²) in [5.74, 6) is 4.67. The molecule has 222 valence electrons. The van der Waals surface area contributed by atoms with Gasteiger partial charge in [-0.25, -0.2) is 0 Å². The van der Waals surface area contributed by atoms with Gasteiger partial charge >= 0.3 is 0 Å². The average molecular weight is 577 g/mol. The van der Waals surface area contributed by atoms with Crippen LogP contribution in [0.4, 0.5) is 5.69 Å². The van der Waals surface area contributed by atoms with Gasteiger partial charge in [-0.1, -0.05) is 18.2 Å². The number of aliphatic imine (C=N–C) groups is 1. The monoisotopic (exact) mass is 576 g/mol. The van der Waals surface area contributed by atoms with Gasteiger partial charge in [0.15, 0.2) is 0 Å². The molecule has 14 heteroatoms. The van der Waals surface area contributed by atoms with E-state index in [1.807, 2.05) is 6.07 Å². The van der Waals surface area contributed by atoms with E-state index in [0.717, 1.165) is 12.8 Å². The largest absolute Gasteiger partial charge is 0.494 e. The fraction of sp³-hybridized carbons (Fsp3) is 0.286. The van der Waals surface area contributed by atoms with E-state index < -0.39 is 5.91 Å². The highest BCUT2D eigenvalue weighted by molar-refractivity contribution is 6.31. The molecule has 1 fully saturated rings. The van der Waals surface area contributed by atoms with E-state index >= 15 is 0 Å². The number of ether oxygens (including phenoxy) is 1. The Kier molecular flexibility index (Phi) is 10.6. The minimum absolute atomic E-state index is 0.0256. The number of carbonyl (C=O) groups is 3. The van der Waals surface area contributed by atoms with E-state index in [9.17, 15) is 14.4 Å². The molecule has 1 aliphatic carbocycles. The van der Waals surface area contributed by atoms with Gasteiger partial charge in [0.05, 0.1) is 30.8 Å². The number of nitrogens with two attached hydrogens (primary N) is 3. The molecular weight excluding hydrogens is 540 g/mol. The summed E-state index contributed by atoms with van der Waals surface area (Å²) < 4.78 is 5.71. The molecule has 0 atom stereocenters. The van der Waals surface area contributed by atoms with Gasteiger partial charge in [-0.2, -0.15) is 5.10 Å². The number of allylic oxidation sites excluding steroid dienone is 1. The molecule has 14 nitrogen and oxygen atoms in total. The van der Waals surface area contributed by atoms with E-state index in [2.05, 4.69) is 31.0 Å². The topological polar surface area (TPSA) is 215 Å². The maximum Gasteiger partial charge on any atom is 0.272 e. The number of para-hydroxylation sites is 1. The number of hydrogen-bond acceptors (Lipinski definition) is 11. The smallest absolute Gasteiger partial charge is 0.272 e. The lowest BCUT2D eigenvalue weighted by Crippen LogP contribution is -2.33. The second-order valence-electron chi connectivity index (χ2n) is 9.38. The van der Waals surface area contributed by atoms with E-state index in [4.69, 9.17) is 22.0 Å². The Labute approximate surface area is 243 Å². The van der Waals surface area contributed by atoms with Crippen molar-refractivity contribution in [3.63, 3.8) is 0 Å². The Bertz CT molecular complexity index is 1440. The van der Waals surface area contributed by atoms with Crippen LogP contribution in [0.3, 0.4) is 0 Å². The van der Waals surface area contributed by atoms with Gasteiger partial charge < -0.3 is 42.9 Å². The summed E-state index contributed by atoms with van der Waals surface area (Å²) in [7, 11) is 6.13. The average Bonchev–Trinajstić information content (AvgIpc) is 3.85. The molecule has 0 spiro atoms. The molecule has 42 heavy (non-hydrogen) atoms. The predicted molar refractivity (Wildman–Crippen MR) is 161 cm³/mol. The van der Waals surface area contributed by atoms with Gasteiger partial charge in [-0.05, 0) is 25.0 Å². The SMILES string of the molecule is CN=C/C(CN(C)C(=O)c1ccc(-c2cccc(NC(/C=C(\N)NC(=O)C3CC3)=C(/N)C(=O)NC)c2OC)cn1)=N\N. The van der Waals surface area contributed by atoms with Crippen LogP contribution in [0.2, 0.25) is 0 Å². The number of carbonyl (C=O) groups excluding carboxylic acids is 3. The summed E-state index contributed by atoms with van der Waals surface area (Å²) in [4.78, 5) is 47.1. The van der Waals surface area contributed by atoms with Crippen LogP contribution in [-0.2, 0) is 9.59 Å². The number of rotatable bonds is 12. The quantitative estimate of drug-likeness (QED) is 0.0681. The molecule has 0 saturated heterocycles. The molecule has 1 saturated carbocycles. The standard InChI is InChI=1S/C28H36N10O4/c1-32-14-18(37-31)15-38(3)28(41)21-11-10-17(13-34-21)19-6-5-7-20(25(19)42-4)35-22(24(30)27(40)33-2)12-23(29)36-26(39)16-8-9-16/h5-7,10-14,16,35H,8-9,15,29-31H2,1-4H3,(H,33,40)(H,36,39)/b23-12+,24-22+,32-14?,37-18+. The maximum atomic E-state index is 12.9. The molecule has 1 aromatic heterocycles. The molecule has 1 heterocycles. The second kappa shape index (κ2) is 14.3. The highest BCUT2D eigenvalue weighted by Crippen LogP contribution is 2.37. The van der Waals surface area contributed by atoms with Crippen LogP contribution < -0.4 is 38.0 Å². The number of likely N-dealkylation sites (N-methyl/N-ethyl adjacent to an activating group) is 1.